The van der Waals surface area contributed by atoms with E-state index in [-0.39, 0.29) is 45.2 Å². The third kappa shape index (κ3) is 4.97. The van der Waals surface area contributed by atoms with Crippen LogP contribution in [-0.4, -0.2) is 19.3 Å². The van der Waals surface area contributed by atoms with Crippen LogP contribution in [0.1, 0.15) is 37.3 Å². The second kappa shape index (κ2) is 11.7. The van der Waals surface area contributed by atoms with E-state index in [0.29, 0.717) is 0 Å². The number of benzene rings is 4. The second-order valence-electron chi connectivity index (χ2n) is 9.42. The van der Waals surface area contributed by atoms with Crippen LogP contribution in [0.5, 0.6) is 0 Å². The molecule has 1 atom stereocenters. The first-order chi connectivity index (χ1) is 18.5. The molecule has 0 aliphatic heterocycles. The Morgan fingerprint density at radius 3 is 1.57 bits per heavy atom. The molecule has 3 radical (unpaired) electrons. The fourth-order valence-corrected chi connectivity index (χ4v) is 10.3. The molecule has 4 heterocycles. The van der Waals surface area contributed by atoms with E-state index in [1.807, 2.05) is 59.1 Å². The number of ketones is 1. The summed E-state index contributed by atoms with van der Waals surface area (Å²) in [6.45, 7) is 3.43. The van der Waals surface area contributed by atoms with Crippen molar-refractivity contribution in [3.63, 3.8) is 0 Å². The number of aliphatic hydroxyl groups is 1. The van der Waals surface area contributed by atoms with Crippen LogP contribution in [0.4, 0.5) is 0 Å². The van der Waals surface area contributed by atoms with Gasteiger partial charge in [-0.3, -0.25) is 4.79 Å². The zero-order chi connectivity index (χ0) is 26.0. The van der Waals surface area contributed by atoms with Crippen LogP contribution in [0.25, 0.3) is 59.1 Å². The predicted molar refractivity (Wildman–Crippen MR) is 177 cm³/mol. The summed E-state index contributed by atoms with van der Waals surface area (Å²) >= 11 is 7.31. The van der Waals surface area contributed by atoms with Gasteiger partial charge in [-0.05, 0) is 43.7 Å². The molecule has 0 fully saturated rings. The maximum atomic E-state index is 11.5. The first-order valence-electron chi connectivity index (χ1n) is 12.3. The van der Waals surface area contributed by atoms with Crippen molar-refractivity contribution < 1.29 is 40.9 Å². The number of fused-ring (bicyclic) bond motifs is 10. The van der Waals surface area contributed by atoms with Crippen LogP contribution in [0.3, 0.4) is 0 Å². The van der Waals surface area contributed by atoms with E-state index in [2.05, 4.69) is 66.7 Å². The van der Waals surface area contributed by atoms with Crippen LogP contribution in [0, 0.1) is 0 Å². The number of hydrogen-bond acceptors (Lipinski definition) is 6. The van der Waals surface area contributed by atoms with Gasteiger partial charge in [-0.1, -0.05) is 60.7 Å². The molecule has 0 amide bonds. The predicted octanol–water partition coefficient (Wildman–Crippen LogP) is 7.53. The fourth-order valence-electron chi connectivity index (χ4n) is 4.91. The molecular weight excluding hydrogens is 578 g/mol. The Labute approximate surface area is 273 Å². The third-order valence-electron chi connectivity index (χ3n) is 6.89. The van der Waals surface area contributed by atoms with Gasteiger partial charge in [-0.15, -0.1) is 45.3 Å². The molecule has 40 heavy (non-hydrogen) atoms. The van der Waals surface area contributed by atoms with Gasteiger partial charge in [0.25, 0.3) is 0 Å². The van der Waals surface area contributed by atoms with Gasteiger partial charge in [0.1, 0.15) is 0 Å². The van der Waals surface area contributed by atoms with Crippen LogP contribution in [-0.2, 0) is 0 Å². The van der Waals surface area contributed by atoms with Crippen molar-refractivity contribution in [2.75, 3.05) is 0 Å². The zero-order valence-corrected chi connectivity index (χ0v) is 27.5. The largest absolute Gasteiger partial charge is 1.00 e. The average Bonchev–Trinajstić information content (AvgIpc) is 3.66. The standard InChI is InChI=1S/C16H12OS2.C16H10OS2.B.Na.H/c2*1-9(17)10-6-7-12-14(8-10)19-15-11-4-2-3-5-13(11)18-16(12)15;;;/h2-9,17H,1H3;2-8H,1H3;;;/q;;;+1;-1. The van der Waals surface area contributed by atoms with Crippen molar-refractivity contribution in [2.24, 2.45) is 0 Å². The Hall–Kier alpha value is -2.07. The minimum absolute atomic E-state index is 0. The molecule has 4 aromatic carbocycles. The molecule has 0 aliphatic carbocycles. The number of hydrogen-bond donors (Lipinski definition) is 1. The topological polar surface area (TPSA) is 37.3 Å². The van der Waals surface area contributed by atoms with Crippen molar-refractivity contribution in [2.45, 2.75) is 20.0 Å². The Balaban J connectivity index is 0.000000176. The van der Waals surface area contributed by atoms with E-state index in [1.54, 1.807) is 18.3 Å². The molecule has 1 unspecified atom stereocenters. The van der Waals surface area contributed by atoms with E-state index in [0.717, 1.165) is 11.1 Å². The number of rotatable bonds is 2. The molecule has 4 aromatic heterocycles. The maximum absolute atomic E-state index is 11.5. The minimum Gasteiger partial charge on any atom is -1.00 e. The fraction of sp³-hybridized carbons (Fsp3) is 0.0938. The average molecular weight is 602 g/mol. The third-order valence-corrected chi connectivity index (χ3v) is 11.9. The molecule has 0 bridgehead atoms. The molecule has 191 valence electrons. The van der Waals surface area contributed by atoms with Crippen LogP contribution >= 0.6 is 45.3 Å². The summed E-state index contributed by atoms with van der Waals surface area (Å²) in [6.07, 6.45) is -0.402. The van der Waals surface area contributed by atoms with Gasteiger partial charge in [0.15, 0.2) is 5.78 Å². The SMILES string of the molecule is CC(=O)c1ccc2c(c1)sc1c3ccccc3sc21.CC(O)c1ccc2c(c1)sc1c3ccccc3sc21.[B].[H-].[Na+]. The van der Waals surface area contributed by atoms with Gasteiger partial charge in [-0.25, -0.2) is 0 Å². The quantitative estimate of drug-likeness (QED) is 0.164. The van der Waals surface area contributed by atoms with Gasteiger partial charge in [-0.2, -0.15) is 0 Å². The Morgan fingerprint density at radius 2 is 1.07 bits per heavy atom. The summed E-state index contributed by atoms with van der Waals surface area (Å²) in [7, 11) is 0. The van der Waals surface area contributed by atoms with Crippen molar-refractivity contribution in [3.05, 3.63) is 96.1 Å². The van der Waals surface area contributed by atoms with E-state index in [9.17, 15) is 9.90 Å². The summed E-state index contributed by atoms with van der Waals surface area (Å²) in [5.74, 6) is 0.128. The van der Waals surface area contributed by atoms with Crippen LogP contribution in [0.2, 0.25) is 0 Å². The van der Waals surface area contributed by atoms with Crippen molar-refractivity contribution in [1.29, 1.82) is 0 Å². The summed E-state index contributed by atoms with van der Waals surface area (Å²) in [6, 6.07) is 29.4. The van der Waals surface area contributed by atoms with Crippen molar-refractivity contribution >= 4 is 119 Å². The maximum Gasteiger partial charge on any atom is 1.00 e. The molecule has 1 N–H and O–H groups in total. The number of Topliss-reactive ketones (excluding diaryl/α,β-unsaturated/α-hetero) is 1. The zero-order valence-electron chi connectivity index (χ0n) is 23.2. The number of carbonyl (C=O) groups is 1. The van der Waals surface area contributed by atoms with E-state index in [4.69, 9.17) is 0 Å². The molecule has 8 heteroatoms. The summed E-state index contributed by atoms with van der Waals surface area (Å²) in [5.41, 5.74) is 1.79. The van der Waals surface area contributed by atoms with Gasteiger partial charge in [0.05, 0.1) is 24.9 Å². The van der Waals surface area contributed by atoms with Gasteiger partial charge < -0.3 is 6.53 Å². The molecule has 8 aromatic rings. The molecule has 0 saturated heterocycles. The number of carbonyl (C=O) groups excluding carboxylic acids is 1. The second-order valence-corrected chi connectivity index (χ2v) is 13.6. The van der Waals surface area contributed by atoms with Gasteiger partial charge >= 0.3 is 29.6 Å². The van der Waals surface area contributed by atoms with E-state index < -0.39 is 6.10 Å². The van der Waals surface area contributed by atoms with E-state index >= 15 is 0 Å². The minimum atomic E-state index is -0.402. The molecule has 0 spiro atoms. The monoisotopic (exact) mass is 601 g/mol. The number of thiophene rings is 4. The van der Waals surface area contributed by atoms with E-state index in [1.165, 1.54) is 59.1 Å². The summed E-state index contributed by atoms with van der Waals surface area (Å²) < 4.78 is 10.6. The first kappa shape index (κ1) is 29.4. The molecule has 2 nitrogen and oxygen atoms in total. The Morgan fingerprint density at radius 1 is 0.650 bits per heavy atom. The first-order valence-corrected chi connectivity index (χ1v) is 15.6. The van der Waals surface area contributed by atoms with Crippen molar-refractivity contribution in [1.82, 2.24) is 0 Å². The van der Waals surface area contributed by atoms with Gasteiger partial charge in [0.2, 0.25) is 0 Å². The molecule has 0 aliphatic rings. The Bertz CT molecular complexity index is 2170. The molecule has 0 saturated carbocycles. The smallest absolute Gasteiger partial charge is 1.00 e. The van der Waals surface area contributed by atoms with Crippen LogP contribution in [0.15, 0.2) is 84.9 Å². The normalized spacial score (nSPS) is 12.0. The molecular formula is C32H23BNaO2S4. The number of aliphatic hydroxyl groups excluding tert-OH is 1. The van der Waals surface area contributed by atoms with Crippen molar-refractivity contribution in [3.8, 4) is 0 Å². The van der Waals surface area contributed by atoms with Crippen LogP contribution < -0.4 is 29.6 Å². The summed E-state index contributed by atoms with van der Waals surface area (Å²) in [4.78, 5) is 11.5. The molecule has 8 rings (SSSR count). The Kier molecular flexibility index (Phi) is 8.58. The summed E-state index contributed by atoms with van der Waals surface area (Å²) in [5, 5.41) is 14.9. The van der Waals surface area contributed by atoms with Gasteiger partial charge in [0, 0.05) is 54.3 Å².